The predicted octanol–water partition coefficient (Wildman–Crippen LogP) is 2.64. The predicted molar refractivity (Wildman–Crippen MR) is 67.3 cm³/mol. The van der Waals surface area contributed by atoms with Crippen molar-refractivity contribution in [2.45, 2.75) is 58.4 Å². The maximum Gasteiger partial charge on any atom is 0.00680 e. The summed E-state index contributed by atoms with van der Waals surface area (Å²) in [6.07, 6.45) is 8.22. The first kappa shape index (κ1) is 13.0. The maximum absolute atomic E-state index is 3.57. The van der Waals surface area contributed by atoms with Gasteiger partial charge < -0.3 is 10.2 Å². The van der Waals surface area contributed by atoms with Gasteiger partial charge >= 0.3 is 0 Å². The van der Waals surface area contributed by atoms with E-state index in [0.717, 1.165) is 6.04 Å². The SMILES string of the molecule is CCCCN(CC)CCCC1CCCN1. The fraction of sp³-hybridized carbons (Fsp3) is 1.00. The van der Waals surface area contributed by atoms with Crippen molar-refractivity contribution in [2.24, 2.45) is 0 Å². The minimum absolute atomic E-state index is 0.829. The standard InChI is InChI=1S/C13H28N2/c1-3-5-11-15(4-2)12-7-9-13-8-6-10-14-13/h13-14H,3-12H2,1-2H3. The number of hydrogen-bond acceptors (Lipinski definition) is 2. The van der Waals surface area contributed by atoms with Crippen LogP contribution in [0.15, 0.2) is 0 Å². The molecule has 0 aliphatic carbocycles. The first-order valence-corrected chi connectivity index (χ1v) is 6.82. The Morgan fingerprint density at radius 3 is 2.60 bits per heavy atom. The molecule has 0 bridgehead atoms. The molecule has 1 saturated heterocycles. The molecule has 0 aromatic rings. The van der Waals surface area contributed by atoms with E-state index in [1.54, 1.807) is 0 Å². The summed E-state index contributed by atoms with van der Waals surface area (Å²) >= 11 is 0. The summed E-state index contributed by atoms with van der Waals surface area (Å²) in [4.78, 5) is 2.60. The Morgan fingerprint density at radius 2 is 2.00 bits per heavy atom. The Kier molecular flexibility index (Phi) is 7.03. The molecule has 0 radical (unpaired) electrons. The summed E-state index contributed by atoms with van der Waals surface area (Å²) in [5.41, 5.74) is 0. The lowest BCUT2D eigenvalue weighted by Gasteiger charge is -2.20. The molecule has 15 heavy (non-hydrogen) atoms. The molecular weight excluding hydrogens is 184 g/mol. The Bertz CT molecular complexity index is 141. The molecular formula is C13H28N2. The van der Waals surface area contributed by atoms with Crippen molar-refractivity contribution in [1.29, 1.82) is 0 Å². The van der Waals surface area contributed by atoms with Crippen LogP contribution in [0.25, 0.3) is 0 Å². The normalized spacial score (nSPS) is 21.4. The third kappa shape index (κ3) is 5.53. The summed E-state index contributed by atoms with van der Waals surface area (Å²) in [7, 11) is 0. The van der Waals surface area contributed by atoms with Gasteiger partial charge in [0, 0.05) is 6.04 Å². The van der Waals surface area contributed by atoms with Gasteiger partial charge in [0.15, 0.2) is 0 Å². The van der Waals surface area contributed by atoms with Gasteiger partial charge in [-0.25, -0.2) is 0 Å². The number of nitrogens with one attached hydrogen (secondary N) is 1. The number of nitrogens with zero attached hydrogens (tertiary/aromatic N) is 1. The smallest absolute Gasteiger partial charge is 0.00680 e. The van der Waals surface area contributed by atoms with Crippen LogP contribution in [0.1, 0.15) is 52.4 Å². The molecule has 1 atom stereocenters. The van der Waals surface area contributed by atoms with Crippen LogP contribution in [0.4, 0.5) is 0 Å². The summed E-state index contributed by atoms with van der Waals surface area (Å²) in [5.74, 6) is 0. The molecule has 90 valence electrons. The van der Waals surface area contributed by atoms with Crippen LogP contribution >= 0.6 is 0 Å². The summed E-state index contributed by atoms with van der Waals surface area (Å²) in [5, 5.41) is 3.57. The first-order chi connectivity index (χ1) is 7.36. The van der Waals surface area contributed by atoms with E-state index in [-0.39, 0.29) is 0 Å². The molecule has 0 aromatic carbocycles. The molecule has 1 N–H and O–H groups in total. The zero-order valence-corrected chi connectivity index (χ0v) is 10.6. The molecule has 2 heteroatoms. The summed E-state index contributed by atoms with van der Waals surface area (Å²) in [6, 6.07) is 0.829. The lowest BCUT2D eigenvalue weighted by atomic mass is 10.1. The van der Waals surface area contributed by atoms with Crippen LogP contribution in [-0.4, -0.2) is 37.1 Å². The van der Waals surface area contributed by atoms with Gasteiger partial charge in [-0.3, -0.25) is 0 Å². The molecule has 0 saturated carbocycles. The van der Waals surface area contributed by atoms with Gasteiger partial charge in [0.1, 0.15) is 0 Å². The van der Waals surface area contributed by atoms with E-state index in [1.165, 1.54) is 64.7 Å². The van der Waals surface area contributed by atoms with E-state index >= 15 is 0 Å². The van der Waals surface area contributed by atoms with Crippen molar-refractivity contribution in [3.8, 4) is 0 Å². The van der Waals surface area contributed by atoms with Gasteiger partial charge in [0.2, 0.25) is 0 Å². The van der Waals surface area contributed by atoms with Crippen molar-refractivity contribution >= 4 is 0 Å². The average Bonchev–Trinajstić information content (AvgIpc) is 2.76. The molecule has 1 unspecified atom stereocenters. The number of hydrogen-bond donors (Lipinski definition) is 1. The Morgan fingerprint density at radius 1 is 1.20 bits per heavy atom. The largest absolute Gasteiger partial charge is 0.314 e. The summed E-state index contributed by atoms with van der Waals surface area (Å²) in [6.45, 7) is 9.62. The lowest BCUT2D eigenvalue weighted by Crippen LogP contribution is -2.28. The topological polar surface area (TPSA) is 15.3 Å². The van der Waals surface area contributed by atoms with Crippen LogP contribution < -0.4 is 5.32 Å². The van der Waals surface area contributed by atoms with E-state index in [2.05, 4.69) is 24.1 Å². The second-order valence-electron chi connectivity index (χ2n) is 4.72. The van der Waals surface area contributed by atoms with Crippen LogP contribution in [0.3, 0.4) is 0 Å². The minimum Gasteiger partial charge on any atom is -0.314 e. The van der Waals surface area contributed by atoms with Crippen molar-refractivity contribution in [3.63, 3.8) is 0 Å². The third-order valence-electron chi connectivity index (χ3n) is 3.46. The monoisotopic (exact) mass is 212 g/mol. The molecule has 1 aliphatic heterocycles. The second-order valence-corrected chi connectivity index (χ2v) is 4.72. The quantitative estimate of drug-likeness (QED) is 0.665. The van der Waals surface area contributed by atoms with E-state index < -0.39 is 0 Å². The fourth-order valence-electron chi connectivity index (χ4n) is 2.37. The Labute approximate surface area is 95.4 Å². The van der Waals surface area contributed by atoms with Gasteiger partial charge in [0.25, 0.3) is 0 Å². The molecule has 0 amide bonds. The van der Waals surface area contributed by atoms with E-state index in [4.69, 9.17) is 0 Å². The van der Waals surface area contributed by atoms with E-state index in [9.17, 15) is 0 Å². The number of unbranched alkanes of at least 4 members (excludes halogenated alkanes) is 1. The van der Waals surface area contributed by atoms with Crippen LogP contribution in [0.5, 0.6) is 0 Å². The molecule has 1 heterocycles. The zero-order valence-electron chi connectivity index (χ0n) is 10.6. The summed E-state index contributed by atoms with van der Waals surface area (Å²) < 4.78 is 0. The molecule has 0 spiro atoms. The van der Waals surface area contributed by atoms with Crippen molar-refractivity contribution in [1.82, 2.24) is 10.2 Å². The van der Waals surface area contributed by atoms with Gasteiger partial charge in [-0.05, 0) is 58.3 Å². The minimum atomic E-state index is 0.829. The van der Waals surface area contributed by atoms with Crippen LogP contribution in [0.2, 0.25) is 0 Å². The van der Waals surface area contributed by atoms with Crippen molar-refractivity contribution in [2.75, 3.05) is 26.2 Å². The highest BCUT2D eigenvalue weighted by atomic mass is 15.1. The van der Waals surface area contributed by atoms with Gasteiger partial charge in [-0.2, -0.15) is 0 Å². The van der Waals surface area contributed by atoms with E-state index in [1.807, 2.05) is 0 Å². The second kappa shape index (κ2) is 8.12. The fourth-order valence-corrected chi connectivity index (χ4v) is 2.37. The Balaban J connectivity index is 2.00. The molecule has 1 fully saturated rings. The van der Waals surface area contributed by atoms with Crippen molar-refractivity contribution in [3.05, 3.63) is 0 Å². The van der Waals surface area contributed by atoms with Crippen molar-refractivity contribution < 1.29 is 0 Å². The van der Waals surface area contributed by atoms with Gasteiger partial charge in [0.05, 0.1) is 0 Å². The highest BCUT2D eigenvalue weighted by Crippen LogP contribution is 2.11. The first-order valence-electron chi connectivity index (χ1n) is 6.82. The molecule has 2 nitrogen and oxygen atoms in total. The Hall–Kier alpha value is -0.0800. The molecule has 1 aliphatic rings. The zero-order chi connectivity index (χ0) is 10.9. The van der Waals surface area contributed by atoms with Crippen LogP contribution in [-0.2, 0) is 0 Å². The van der Waals surface area contributed by atoms with E-state index in [0.29, 0.717) is 0 Å². The highest BCUT2D eigenvalue weighted by molar-refractivity contribution is 4.74. The highest BCUT2D eigenvalue weighted by Gasteiger charge is 2.13. The molecule has 0 aromatic heterocycles. The maximum atomic E-state index is 3.57. The number of rotatable bonds is 8. The lowest BCUT2D eigenvalue weighted by molar-refractivity contribution is 0.273. The third-order valence-corrected chi connectivity index (χ3v) is 3.46. The molecule has 1 rings (SSSR count). The van der Waals surface area contributed by atoms with Crippen LogP contribution in [0, 0.1) is 0 Å². The van der Waals surface area contributed by atoms with Gasteiger partial charge in [-0.1, -0.05) is 20.3 Å². The van der Waals surface area contributed by atoms with Gasteiger partial charge in [-0.15, -0.1) is 0 Å². The average molecular weight is 212 g/mol.